The van der Waals surface area contributed by atoms with Crippen molar-refractivity contribution in [2.75, 3.05) is 0 Å². The lowest BCUT2D eigenvalue weighted by atomic mass is 9.96. The van der Waals surface area contributed by atoms with Crippen LogP contribution in [0.25, 0.3) is 0 Å². The van der Waals surface area contributed by atoms with E-state index >= 15 is 0 Å². The van der Waals surface area contributed by atoms with Gasteiger partial charge in [-0.15, -0.1) is 0 Å². The van der Waals surface area contributed by atoms with Crippen LogP contribution in [0, 0.1) is 0 Å². The first-order valence-electron chi connectivity index (χ1n) is 7.40. The number of aromatic nitrogens is 1. The van der Waals surface area contributed by atoms with E-state index in [0.29, 0.717) is 6.54 Å². The van der Waals surface area contributed by atoms with E-state index in [-0.39, 0.29) is 16.6 Å². The maximum absolute atomic E-state index is 12.4. The molecule has 7 heteroatoms. The summed E-state index contributed by atoms with van der Waals surface area (Å²) in [6, 6.07) is 1.20. The van der Waals surface area contributed by atoms with Crippen LogP contribution < -0.4 is 4.72 Å². The Kier molecular flexibility index (Phi) is 5.05. The Balaban J connectivity index is 2.22. The number of hydrogen-bond acceptors (Lipinski definition) is 3. The van der Waals surface area contributed by atoms with E-state index in [4.69, 9.17) is 5.11 Å². The first kappa shape index (κ1) is 16.0. The second-order valence-corrected chi connectivity index (χ2v) is 7.23. The van der Waals surface area contributed by atoms with Crippen LogP contribution in [0.4, 0.5) is 0 Å². The second-order valence-electron chi connectivity index (χ2n) is 5.52. The van der Waals surface area contributed by atoms with Gasteiger partial charge in [0.15, 0.2) is 0 Å². The molecule has 0 aromatic carbocycles. The zero-order chi connectivity index (χ0) is 15.5. The summed E-state index contributed by atoms with van der Waals surface area (Å²) in [5.74, 6) is -1.11. The highest BCUT2D eigenvalue weighted by molar-refractivity contribution is 7.89. The number of carbonyl (C=O) groups is 1. The SMILES string of the molecule is CCCn1cc(S(=O)(=O)NC2CCCCC2)cc1C(=O)O. The molecule has 0 unspecified atom stereocenters. The van der Waals surface area contributed by atoms with Gasteiger partial charge >= 0.3 is 5.97 Å². The fourth-order valence-corrected chi connectivity index (χ4v) is 4.09. The number of carboxylic acids is 1. The van der Waals surface area contributed by atoms with Crippen LogP contribution >= 0.6 is 0 Å². The van der Waals surface area contributed by atoms with E-state index in [1.165, 1.54) is 16.8 Å². The van der Waals surface area contributed by atoms with Crippen molar-refractivity contribution in [2.24, 2.45) is 0 Å². The van der Waals surface area contributed by atoms with Gasteiger partial charge < -0.3 is 9.67 Å². The summed E-state index contributed by atoms with van der Waals surface area (Å²) in [6.45, 7) is 2.40. The van der Waals surface area contributed by atoms with Crippen molar-refractivity contribution >= 4 is 16.0 Å². The van der Waals surface area contributed by atoms with E-state index in [2.05, 4.69) is 4.72 Å². The third kappa shape index (κ3) is 3.85. The third-order valence-electron chi connectivity index (χ3n) is 3.79. The Morgan fingerprint density at radius 1 is 1.38 bits per heavy atom. The van der Waals surface area contributed by atoms with E-state index in [9.17, 15) is 13.2 Å². The van der Waals surface area contributed by atoms with E-state index in [0.717, 1.165) is 38.5 Å². The van der Waals surface area contributed by atoms with Crippen molar-refractivity contribution in [1.29, 1.82) is 0 Å². The lowest BCUT2D eigenvalue weighted by molar-refractivity contribution is 0.0685. The minimum Gasteiger partial charge on any atom is -0.477 e. The molecule has 6 nitrogen and oxygen atoms in total. The van der Waals surface area contributed by atoms with Crippen LogP contribution in [0.5, 0.6) is 0 Å². The van der Waals surface area contributed by atoms with Crippen molar-refractivity contribution in [3.63, 3.8) is 0 Å². The van der Waals surface area contributed by atoms with Gasteiger partial charge in [0.05, 0.1) is 0 Å². The first-order chi connectivity index (χ1) is 9.94. The van der Waals surface area contributed by atoms with Crippen LogP contribution in [0.3, 0.4) is 0 Å². The molecule has 21 heavy (non-hydrogen) atoms. The van der Waals surface area contributed by atoms with Crippen LogP contribution in [0.2, 0.25) is 0 Å². The average Bonchev–Trinajstić information content (AvgIpc) is 2.85. The maximum atomic E-state index is 12.4. The number of rotatable bonds is 6. The third-order valence-corrected chi connectivity index (χ3v) is 5.28. The standard InChI is InChI=1S/C14H22N2O4S/c1-2-8-16-10-12(9-13(16)14(17)18)21(19,20)15-11-6-4-3-5-7-11/h9-11,15H,2-8H2,1H3,(H,17,18). The van der Waals surface area contributed by atoms with Crippen molar-refractivity contribution in [3.8, 4) is 0 Å². The number of carboxylic acid groups (broad SMARTS) is 1. The topological polar surface area (TPSA) is 88.4 Å². The Bertz CT molecular complexity index is 600. The fraction of sp³-hybridized carbons (Fsp3) is 0.643. The molecule has 0 spiro atoms. The molecule has 0 bridgehead atoms. The number of sulfonamides is 1. The molecule has 1 aliphatic rings. The molecule has 1 saturated carbocycles. The predicted octanol–water partition coefficient (Wildman–Crippen LogP) is 2.21. The van der Waals surface area contributed by atoms with E-state index in [1.807, 2.05) is 6.92 Å². The highest BCUT2D eigenvalue weighted by atomic mass is 32.2. The molecule has 2 N–H and O–H groups in total. The summed E-state index contributed by atoms with van der Waals surface area (Å²) < 4.78 is 28.9. The van der Waals surface area contributed by atoms with Gasteiger partial charge in [0.1, 0.15) is 10.6 Å². The molecule has 1 aliphatic carbocycles. The number of nitrogens with zero attached hydrogens (tertiary/aromatic N) is 1. The molecule has 1 aromatic rings. The fourth-order valence-electron chi connectivity index (χ4n) is 2.74. The van der Waals surface area contributed by atoms with Gasteiger partial charge in [0.2, 0.25) is 10.0 Å². The summed E-state index contributed by atoms with van der Waals surface area (Å²) in [6.07, 6.45) is 7.06. The maximum Gasteiger partial charge on any atom is 0.352 e. The predicted molar refractivity (Wildman–Crippen MR) is 78.9 cm³/mol. The van der Waals surface area contributed by atoms with Crippen molar-refractivity contribution < 1.29 is 18.3 Å². The molecule has 0 saturated heterocycles. The van der Waals surface area contributed by atoms with Gasteiger partial charge in [-0.2, -0.15) is 0 Å². The summed E-state index contributed by atoms with van der Waals surface area (Å²) in [5.41, 5.74) is 0.0147. The molecule has 1 aromatic heterocycles. The van der Waals surface area contributed by atoms with Crippen molar-refractivity contribution in [2.45, 2.75) is 62.9 Å². The number of nitrogens with one attached hydrogen (secondary N) is 1. The van der Waals surface area contributed by atoms with Crippen LogP contribution in [0.15, 0.2) is 17.2 Å². The molecule has 1 fully saturated rings. The molecule has 0 aliphatic heterocycles. The van der Waals surface area contributed by atoms with E-state index < -0.39 is 16.0 Å². The first-order valence-corrected chi connectivity index (χ1v) is 8.88. The molecule has 1 heterocycles. The van der Waals surface area contributed by atoms with Crippen LogP contribution in [-0.2, 0) is 16.6 Å². The summed E-state index contributed by atoms with van der Waals surface area (Å²) >= 11 is 0. The normalized spacial score (nSPS) is 17.0. The van der Waals surface area contributed by atoms with Crippen molar-refractivity contribution in [3.05, 3.63) is 18.0 Å². The lowest BCUT2D eigenvalue weighted by Gasteiger charge is -2.22. The van der Waals surface area contributed by atoms with Gasteiger partial charge in [-0.3, -0.25) is 0 Å². The summed E-state index contributed by atoms with van der Waals surface area (Å²) in [5, 5.41) is 9.16. The zero-order valence-electron chi connectivity index (χ0n) is 12.2. The zero-order valence-corrected chi connectivity index (χ0v) is 13.0. The Labute approximate surface area is 125 Å². The highest BCUT2D eigenvalue weighted by Crippen LogP contribution is 2.21. The van der Waals surface area contributed by atoms with Gasteiger partial charge in [-0.05, 0) is 25.3 Å². The number of aryl methyl sites for hydroxylation is 1. The Hall–Kier alpha value is -1.34. The summed E-state index contributed by atoms with van der Waals surface area (Å²) in [7, 11) is -3.65. The molecule has 2 rings (SSSR count). The molecule has 118 valence electrons. The van der Waals surface area contributed by atoms with Gasteiger partial charge in [0, 0.05) is 18.8 Å². The van der Waals surface area contributed by atoms with E-state index in [1.54, 1.807) is 0 Å². The largest absolute Gasteiger partial charge is 0.477 e. The van der Waals surface area contributed by atoms with Crippen molar-refractivity contribution in [1.82, 2.24) is 9.29 Å². The molecule has 0 radical (unpaired) electrons. The lowest BCUT2D eigenvalue weighted by Crippen LogP contribution is -2.36. The Morgan fingerprint density at radius 3 is 2.62 bits per heavy atom. The Morgan fingerprint density at radius 2 is 2.05 bits per heavy atom. The van der Waals surface area contributed by atoms with Gasteiger partial charge in [0.25, 0.3) is 0 Å². The number of hydrogen-bond donors (Lipinski definition) is 2. The summed E-state index contributed by atoms with van der Waals surface area (Å²) in [4.78, 5) is 11.2. The second kappa shape index (κ2) is 6.62. The molecule has 0 amide bonds. The monoisotopic (exact) mass is 314 g/mol. The molecular formula is C14H22N2O4S. The van der Waals surface area contributed by atoms with Gasteiger partial charge in [-0.1, -0.05) is 26.2 Å². The highest BCUT2D eigenvalue weighted by Gasteiger charge is 2.25. The average molecular weight is 314 g/mol. The van der Waals surface area contributed by atoms with Crippen LogP contribution in [0.1, 0.15) is 55.9 Å². The smallest absolute Gasteiger partial charge is 0.352 e. The number of aromatic carboxylic acids is 1. The van der Waals surface area contributed by atoms with Crippen LogP contribution in [-0.4, -0.2) is 30.1 Å². The van der Waals surface area contributed by atoms with Gasteiger partial charge in [-0.25, -0.2) is 17.9 Å². The quantitative estimate of drug-likeness (QED) is 0.842. The minimum absolute atomic E-state index is 0.0147. The molecule has 0 atom stereocenters. The minimum atomic E-state index is -3.65. The molecular weight excluding hydrogens is 292 g/mol.